The molecule has 0 aromatic heterocycles. The van der Waals surface area contributed by atoms with Gasteiger partial charge in [0.25, 0.3) is 0 Å². The van der Waals surface area contributed by atoms with Crippen molar-refractivity contribution in [2.45, 2.75) is 45.5 Å². The third-order valence-electron chi connectivity index (χ3n) is 2.83. The molecule has 1 unspecified atom stereocenters. The molecule has 0 aromatic carbocycles. The molecule has 1 aliphatic heterocycles. The van der Waals surface area contributed by atoms with Crippen LogP contribution < -0.4 is 0 Å². The zero-order valence-electron chi connectivity index (χ0n) is 9.74. The van der Waals surface area contributed by atoms with E-state index < -0.39 is 0 Å². The molecule has 0 radical (unpaired) electrons. The zero-order chi connectivity index (χ0) is 11.3. The van der Waals surface area contributed by atoms with E-state index in [1.165, 1.54) is 0 Å². The summed E-state index contributed by atoms with van der Waals surface area (Å²) >= 11 is 0. The first-order chi connectivity index (χ1) is 7.10. The first-order valence-corrected chi connectivity index (χ1v) is 5.60. The summed E-state index contributed by atoms with van der Waals surface area (Å²) < 4.78 is 11.3. The number of hydrogen-bond donors (Lipinski definition) is 1. The molecule has 3 heteroatoms. The molecule has 1 saturated heterocycles. The van der Waals surface area contributed by atoms with Crippen LogP contribution in [0.2, 0.25) is 0 Å². The van der Waals surface area contributed by atoms with Crippen LogP contribution in [0.15, 0.2) is 12.7 Å². The molecule has 1 aliphatic rings. The minimum Gasteiger partial charge on any atom is -0.396 e. The van der Waals surface area contributed by atoms with Gasteiger partial charge < -0.3 is 14.6 Å². The van der Waals surface area contributed by atoms with Crippen molar-refractivity contribution in [3.63, 3.8) is 0 Å². The largest absolute Gasteiger partial charge is 0.396 e. The number of hydrogen-bond acceptors (Lipinski definition) is 3. The van der Waals surface area contributed by atoms with E-state index in [0.717, 1.165) is 25.9 Å². The zero-order valence-corrected chi connectivity index (χ0v) is 9.74. The molecule has 1 fully saturated rings. The lowest BCUT2D eigenvalue weighted by atomic mass is 9.87. The predicted molar refractivity (Wildman–Crippen MR) is 59.5 cm³/mol. The number of aliphatic hydroxyl groups is 1. The van der Waals surface area contributed by atoms with Gasteiger partial charge in [-0.2, -0.15) is 0 Å². The second-order valence-electron chi connectivity index (χ2n) is 4.74. The first kappa shape index (κ1) is 12.7. The van der Waals surface area contributed by atoms with Gasteiger partial charge in [0.2, 0.25) is 0 Å². The standard InChI is InChI=1S/C12H22O3/c1-4-10(12(2,3)9-13)15-11-7-5-6-8-14-11/h4,10-11,13H,1,5-9H2,2-3H3/t10-,11?/m0/s1. The summed E-state index contributed by atoms with van der Waals surface area (Å²) in [4.78, 5) is 0. The fourth-order valence-electron chi connectivity index (χ4n) is 1.63. The van der Waals surface area contributed by atoms with E-state index >= 15 is 0 Å². The summed E-state index contributed by atoms with van der Waals surface area (Å²) in [5, 5.41) is 9.26. The average Bonchev–Trinajstić information content (AvgIpc) is 2.27. The SMILES string of the molecule is C=C[C@H](OC1CCCCO1)C(C)(C)CO. The number of rotatable bonds is 5. The second-order valence-corrected chi connectivity index (χ2v) is 4.74. The second kappa shape index (κ2) is 5.64. The van der Waals surface area contributed by atoms with Gasteiger partial charge in [-0.3, -0.25) is 0 Å². The Hall–Kier alpha value is -0.380. The van der Waals surface area contributed by atoms with Crippen molar-refractivity contribution < 1.29 is 14.6 Å². The van der Waals surface area contributed by atoms with Crippen LogP contribution in [0, 0.1) is 5.41 Å². The van der Waals surface area contributed by atoms with E-state index in [1.54, 1.807) is 6.08 Å². The lowest BCUT2D eigenvalue weighted by Crippen LogP contribution is -2.38. The van der Waals surface area contributed by atoms with Crippen LogP contribution in [-0.4, -0.2) is 30.7 Å². The molecule has 0 spiro atoms. The van der Waals surface area contributed by atoms with Crippen LogP contribution in [-0.2, 0) is 9.47 Å². The van der Waals surface area contributed by atoms with Crippen molar-refractivity contribution >= 4 is 0 Å². The molecule has 3 nitrogen and oxygen atoms in total. The van der Waals surface area contributed by atoms with E-state index in [2.05, 4.69) is 6.58 Å². The molecule has 1 rings (SSSR count). The van der Waals surface area contributed by atoms with Gasteiger partial charge in [0, 0.05) is 12.0 Å². The van der Waals surface area contributed by atoms with Crippen LogP contribution in [0.4, 0.5) is 0 Å². The predicted octanol–water partition coefficient (Wildman–Crippen LogP) is 2.10. The maximum Gasteiger partial charge on any atom is 0.158 e. The molecule has 1 N–H and O–H groups in total. The lowest BCUT2D eigenvalue weighted by molar-refractivity contribution is -0.200. The third-order valence-corrected chi connectivity index (χ3v) is 2.83. The topological polar surface area (TPSA) is 38.7 Å². The normalized spacial score (nSPS) is 24.9. The Morgan fingerprint density at radius 2 is 2.33 bits per heavy atom. The minimum absolute atomic E-state index is 0.0798. The Morgan fingerprint density at radius 3 is 2.80 bits per heavy atom. The van der Waals surface area contributed by atoms with Crippen molar-refractivity contribution in [1.82, 2.24) is 0 Å². The average molecular weight is 214 g/mol. The fraction of sp³-hybridized carbons (Fsp3) is 0.833. The summed E-state index contributed by atoms with van der Waals surface area (Å²) in [6.45, 7) is 8.52. The quantitative estimate of drug-likeness (QED) is 0.712. The van der Waals surface area contributed by atoms with Gasteiger partial charge in [-0.05, 0) is 19.3 Å². The summed E-state index contributed by atoms with van der Waals surface area (Å²) in [5.74, 6) is 0. The molecule has 88 valence electrons. The van der Waals surface area contributed by atoms with Crippen LogP contribution in [0.1, 0.15) is 33.1 Å². The summed E-state index contributed by atoms with van der Waals surface area (Å²) in [6.07, 6.45) is 4.65. The molecule has 15 heavy (non-hydrogen) atoms. The fourth-order valence-corrected chi connectivity index (χ4v) is 1.63. The van der Waals surface area contributed by atoms with Gasteiger partial charge >= 0.3 is 0 Å². The van der Waals surface area contributed by atoms with Gasteiger partial charge in [0.05, 0.1) is 12.7 Å². The number of aliphatic hydroxyl groups excluding tert-OH is 1. The Kier molecular flexibility index (Phi) is 4.77. The maximum absolute atomic E-state index is 9.26. The summed E-state index contributed by atoms with van der Waals surface area (Å²) in [7, 11) is 0. The van der Waals surface area contributed by atoms with Gasteiger partial charge in [-0.25, -0.2) is 0 Å². The van der Waals surface area contributed by atoms with Crippen LogP contribution in [0.5, 0.6) is 0 Å². The Bertz CT molecular complexity index is 195. The molecule has 0 amide bonds. The summed E-state index contributed by atoms with van der Waals surface area (Å²) in [5.41, 5.74) is -0.303. The molecule has 1 heterocycles. The highest BCUT2D eigenvalue weighted by Crippen LogP contribution is 2.27. The van der Waals surface area contributed by atoms with E-state index in [1.807, 2.05) is 13.8 Å². The van der Waals surface area contributed by atoms with E-state index in [-0.39, 0.29) is 24.4 Å². The smallest absolute Gasteiger partial charge is 0.158 e. The van der Waals surface area contributed by atoms with Gasteiger partial charge in [0.15, 0.2) is 6.29 Å². The highest BCUT2D eigenvalue weighted by molar-refractivity contribution is 4.92. The molecule has 0 aromatic rings. The van der Waals surface area contributed by atoms with E-state index in [9.17, 15) is 5.11 Å². The molecule has 2 atom stereocenters. The molecule has 0 aliphatic carbocycles. The highest BCUT2D eigenvalue weighted by Gasteiger charge is 2.30. The maximum atomic E-state index is 9.26. The minimum atomic E-state index is -0.303. The highest BCUT2D eigenvalue weighted by atomic mass is 16.7. The molecule has 0 bridgehead atoms. The van der Waals surface area contributed by atoms with Crippen LogP contribution in [0.3, 0.4) is 0 Å². The first-order valence-electron chi connectivity index (χ1n) is 5.60. The van der Waals surface area contributed by atoms with E-state index in [0.29, 0.717) is 0 Å². The van der Waals surface area contributed by atoms with Crippen molar-refractivity contribution in [3.05, 3.63) is 12.7 Å². The summed E-state index contributed by atoms with van der Waals surface area (Å²) in [6, 6.07) is 0. The van der Waals surface area contributed by atoms with Crippen molar-refractivity contribution in [2.24, 2.45) is 5.41 Å². The number of ether oxygens (including phenoxy) is 2. The van der Waals surface area contributed by atoms with Gasteiger partial charge in [-0.1, -0.05) is 19.9 Å². The van der Waals surface area contributed by atoms with Crippen molar-refractivity contribution in [2.75, 3.05) is 13.2 Å². The third kappa shape index (κ3) is 3.59. The molecule has 0 saturated carbocycles. The monoisotopic (exact) mass is 214 g/mol. The Morgan fingerprint density at radius 1 is 1.60 bits per heavy atom. The van der Waals surface area contributed by atoms with Crippen molar-refractivity contribution in [3.8, 4) is 0 Å². The lowest BCUT2D eigenvalue weighted by Gasteiger charge is -2.34. The van der Waals surface area contributed by atoms with Crippen LogP contribution >= 0.6 is 0 Å². The molecular weight excluding hydrogens is 192 g/mol. The van der Waals surface area contributed by atoms with Gasteiger partial charge in [-0.15, -0.1) is 6.58 Å². The van der Waals surface area contributed by atoms with Gasteiger partial charge in [0.1, 0.15) is 0 Å². The Balaban J connectivity index is 2.48. The Labute approximate surface area is 92.1 Å². The van der Waals surface area contributed by atoms with Crippen molar-refractivity contribution in [1.29, 1.82) is 0 Å². The van der Waals surface area contributed by atoms with E-state index in [4.69, 9.17) is 9.47 Å². The van der Waals surface area contributed by atoms with Crippen LogP contribution in [0.25, 0.3) is 0 Å². The molecular formula is C12H22O3.